The Morgan fingerprint density at radius 3 is 2.50 bits per heavy atom. The minimum atomic E-state index is -1.06. The quantitative estimate of drug-likeness (QED) is 0.870. The van der Waals surface area contributed by atoms with Crippen molar-refractivity contribution in [1.29, 1.82) is 0 Å². The normalized spacial score (nSPS) is 21.2. The third-order valence-corrected chi connectivity index (χ3v) is 3.67. The maximum Gasteiger partial charge on any atom is 0.408 e. The molecule has 0 unspecified atom stereocenters. The molecule has 1 aromatic heterocycles. The van der Waals surface area contributed by atoms with Crippen molar-refractivity contribution in [2.45, 2.75) is 51.7 Å². The minimum absolute atomic E-state index is 0.0467. The number of alkyl carbamates (subject to hydrolysis) is 1. The van der Waals surface area contributed by atoms with Crippen LogP contribution in [0.1, 0.15) is 50.9 Å². The number of amides is 1. The zero-order valence-electron chi connectivity index (χ0n) is 14.5. The molecule has 0 aliphatic carbocycles. The van der Waals surface area contributed by atoms with E-state index in [2.05, 4.69) is 15.3 Å². The number of aromatic nitrogens is 2. The number of carboxylic acids is 1. The summed E-state index contributed by atoms with van der Waals surface area (Å²) in [7, 11) is 0. The predicted molar refractivity (Wildman–Crippen MR) is 88.2 cm³/mol. The monoisotopic (exact) mass is 336 g/mol. The van der Waals surface area contributed by atoms with E-state index in [1.807, 2.05) is 32.6 Å². The standard InChI is InChI=1S/C16H24N4O4/c1-15(2,3)24-14(23)19-16(4)6-5-7-20(10-16)13-17-8-11(9-18-13)12(21)22/h8-9H,5-7,10H2,1-4H3,(H,19,23)(H,21,22)/t16-/m1/s1. The lowest BCUT2D eigenvalue weighted by atomic mass is 9.91. The van der Waals surface area contributed by atoms with Gasteiger partial charge in [-0.15, -0.1) is 0 Å². The van der Waals surface area contributed by atoms with Gasteiger partial charge >= 0.3 is 12.1 Å². The first kappa shape index (κ1) is 18.0. The summed E-state index contributed by atoms with van der Waals surface area (Å²) in [6.45, 7) is 8.69. The van der Waals surface area contributed by atoms with Gasteiger partial charge in [-0.25, -0.2) is 19.6 Å². The molecule has 8 nitrogen and oxygen atoms in total. The van der Waals surface area contributed by atoms with Gasteiger partial charge in [0.05, 0.1) is 11.1 Å². The van der Waals surface area contributed by atoms with Crippen LogP contribution in [0.15, 0.2) is 12.4 Å². The number of anilines is 1. The number of rotatable bonds is 3. The number of nitrogens with one attached hydrogen (secondary N) is 1. The van der Waals surface area contributed by atoms with Crippen LogP contribution in [0.4, 0.5) is 10.7 Å². The average Bonchev–Trinajstić information content (AvgIpc) is 2.44. The van der Waals surface area contributed by atoms with Crippen LogP contribution in [-0.4, -0.2) is 51.4 Å². The summed E-state index contributed by atoms with van der Waals surface area (Å²) in [4.78, 5) is 33.1. The highest BCUT2D eigenvalue weighted by molar-refractivity contribution is 5.86. The first-order chi connectivity index (χ1) is 11.1. The molecule has 24 heavy (non-hydrogen) atoms. The highest BCUT2D eigenvalue weighted by Gasteiger charge is 2.34. The molecule has 1 fully saturated rings. The first-order valence-electron chi connectivity index (χ1n) is 7.89. The van der Waals surface area contributed by atoms with Crippen LogP contribution < -0.4 is 10.2 Å². The molecular formula is C16H24N4O4. The van der Waals surface area contributed by atoms with Crippen molar-refractivity contribution in [3.8, 4) is 0 Å². The number of nitrogens with zero attached hydrogens (tertiary/aromatic N) is 3. The number of hydrogen-bond donors (Lipinski definition) is 2. The molecule has 1 aliphatic rings. The Morgan fingerprint density at radius 2 is 1.96 bits per heavy atom. The molecule has 1 saturated heterocycles. The molecule has 1 aromatic rings. The molecule has 0 spiro atoms. The largest absolute Gasteiger partial charge is 0.478 e. The number of carboxylic acid groups (broad SMARTS) is 1. The van der Waals surface area contributed by atoms with Crippen LogP contribution in [0.2, 0.25) is 0 Å². The predicted octanol–water partition coefficient (Wildman–Crippen LogP) is 2.06. The van der Waals surface area contributed by atoms with Crippen molar-refractivity contribution in [3.63, 3.8) is 0 Å². The number of ether oxygens (including phenoxy) is 1. The lowest BCUT2D eigenvalue weighted by molar-refractivity contribution is 0.0453. The second-order valence-corrected chi connectivity index (χ2v) is 7.29. The second-order valence-electron chi connectivity index (χ2n) is 7.29. The average molecular weight is 336 g/mol. The second kappa shape index (κ2) is 6.62. The van der Waals surface area contributed by atoms with Crippen LogP contribution in [-0.2, 0) is 4.74 Å². The Hall–Kier alpha value is -2.38. The number of piperidine rings is 1. The summed E-state index contributed by atoms with van der Waals surface area (Å²) in [6.07, 6.45) is 3.80. The molecule has 1 atom stereocenters. The number of carbonyl (C=O) groups excluding carboxylic acids is 1. The summed E-state index contributed by atoms with van der Waals surface area (Å²) < 4.78 is 5.32. The third-order valence-electron chi connectivity index (χ3n) is 3.67. The van der Waals surface area contributed by atoms with Gasteiger partial charge in [0, 0.05) is 25.5 Å². The Bertz CT molecular complexity index is 611. The summed E-state index contributed by atoms with van der Waals surface area (Å²) in [5, 5.41) is 11.8. The lowest BCUT2D eigenvalue weighted by Crippen LogP contribution is -2.57. The highest BCUT2D eigenvalue weighted by Crippen LogP contribution is 2.24. The number of aromatic carboxylic acids is 1. The van der Waals surface area contributed by atoms with Gasteiger partial charge in [0.25, 0.3) is 0 Å². The van der Waals surface area contributed by atoms with E-state index in [9.17, 15) is 9.59 Å². The van der Waals surface area contributed by atoms with Crippen molar-refractivity contribution in [2.24, 2.45) is 0 Å². The third kappa shape index (κ3) is 4.81. The van der Waals surface area contributed by atoms with E-state index < -0.39 is 23.2 Å². The van der Waals surface area contributed by atoms with Crippen molar-refractivity contribution < 1.29 is 19.4 Å². The summed E-state index contributed by atoms with van der Waals surface area (Å²) in [5.41, 5.74) is -0.967. The fourth-order valence-corrected chi connectivity index (χ4v) is 2.66. The molecule has 0 radical (unpaired) electrons. The first-order valence-corrected chi connectivity index (χ1v) is 7.89. The van der Waals surface area contributed by atoms with Crippen LogP contribution in [0, 0.1) is 0 Å². The van der Waals surface area contributed by atoms with Gasteiger partial charge in [0.1, 0.15) is 5.60 Å². The van der Waals surface area contributed by atoms with Crippen molar-refractivity contribution in [2.75, 3.05) is 18.0 Å². The Morgan fingerprint density at radius 1 is 1.33 bits per heavy atom. The smallest absolute Gasteiger partial charge is 0.408 e. The van der Waals surface area contributed by atoms with E-state index in [0.717, 1.165) is 19.4 Å². The Kier molecular flexibility index (Phi) is 4.96. The maximum absolute atomic E-state index is 12.0. The molecule has 0 aromatic carbocycles. The highest BCUT2D eigenvalue weighted by atomic mass is 16.6. The van der Waals surface area contributed by atoms with Crippen molar-refractivity contribution >= 4 is 18.0 Å². The molecule has 2 N–H and O–H groups in total. The molecule has 8 heteroatoms. The molecule has 0 saturated carbocycles. The molecule has 1 aliphatic heterocycles. The molecule has 2 rings (SSSR count). The summed E-state index contributed by atoms with van der Waals surface area (Å²) >= 11 is 0. The lowest BCUT2D eigenvalue weighted by Gasteiger charge is -2.41. The summed E-state index contributed by atoms with van der Waals surface area (Å²) in [5.74, 6) is -0.603. The molecule has 2 heterocycles. The molecular weight excluding hydrogens is 312 g/mol. The van der Waals surface area contributed by atoms with E-state index in [1.54, 1.807) is 0 Å². The van der Waals surface area contributed by atoms with E-state index >= 15 is 0 Å². The number of hydrogen-bond acceptors (Lipinski definition) is 6. The Balaban J connectivity index is 2.04. The van der Waals surface area contributed by atoms with Gasteiger partial charge in [-0.3, -0.25) is 0 Å². The van der Waals surface area contributed by atoms with Gasteiger partial charge in [0.2, 0.25) is 5.95 Å². The van der Waals surface area contributed by atoms with Crippen LogP contribution in [0.3, 0.4) is 0 Å². The fourth-order valence-electron chi connectivity index (χ4n) is 2.66. The van der Waals surface area contributed by atoms with Crippen LogP contribution >= 0.6 is 0 Å². The van der Waals surface area contributed by atoms with Gasteiger partial charge in [0.15, 0.2) is 0 Å². The van der Waals surface area contributed by atoms with Crippen LogP contribution in [0.25, 0.3) is 0 Å². The zero-order valence-corrected chi connectivity index (χ0v) is 14.5. The molecule has 0 bridgehead atoms. The van der Waals surface area contributed by atoms with Crippen LogP contribution in [0.5, 0.6) is 0 Å². The van der Waals surface area contributed by atoms with Gasteiger partial charge in [-0.2, -0.15) is 0 Å². The van der Waals surface area contributed by atoms with Crippen molar-refractivity contribution in [3.05, 3.63) is 18.0 Å². The fraction of sp³-hybridized carbons (Fsp3) is 0.625. The van der Waals surface area contributed by atoms with E-state index in [4.69, 9.17) is 9.84 Å². The summed E-state index contributed by atoms with van der Waals surface area (Å²) in [6, 6.07) is 0. The molecule has 1 amide bonds. The molecule has 132 valence electrons. The topological polar surface area (TPSA) is 105 Å². The minimum Gasteiger partial charge on any atom is -0.478 e. The maximum atomic E-state index is 12.0. The van der Waals surface area contributed by atoms with Crippen molar-refractivity contribution in [1.82, 2.24) is 15.3 Å². The van der Waals surface area contributed by atoms with Gasteiger partial charge < -0.3 is 20.1 Å². The SMILES string of the molecule is CC(C)(C)OC(=O)N[C@]1(C)CCCN(c2ncc(C(=O)O)cn2)C1. The van der Waals surface area contributed by atoms with Gasteiger partial charge in [-0.05, 0) is 40.5 Å². The van der Waals surface area contributed by atoms with E-state index in [0.29, 0.717) is 12.5 Å². The van der Waals surface area contributed by atoms with E-state index in [1.165, 1.54) is 12.4 Å². The van der Waals surface area contributed by atoms with E-state index in [-0.39, 0.29) is 5.56 Å². The Labute approximate surface area is 141 Å². The zero-order chi connectivity index (χ0) is 18.0. The van der Waals surface area contributed by atoms with Gasteiger partial charge in [-0.1, -0.05) is 0 Å². The number of carbonyl (C=O) groups is 2.